The summed E-state index contributed by atoms with van der Waals surface area (Å²) in [7, 11) is 0. The van der Waals surface area contributed by atoms with Crippen LogP contribution < -0.4 is 0 Å². The number of amides is 1. The normalized spacial score (nSPS) is 17.7. The van der Waals surface area contributed by atoms with Crippen molar-refractivity contribution in [1.29, 1.82) is 0 Å². The van der Waals surface area contributed by atoms with Crippen molar-refractivity contribution in [2.24, 2.45) is 0 Å². The van der Waals surface area contributed by atoms with Gasteiger partial charge in [0, 0.05) is 12.5 Å². The number of carbonyl (C=O) groups is 1. The average Bonchev–Trinajstić information content (AvgIpc) is 3.34. The number of nitrogens with zero attached hydrogens (tertiary/aromatic N) is 6. The van der Waals surface area contributed by atoms with E-state index in [9.17, 15) is 4.79 Å². The van der Waals surface area contributed by atoms with Gasteiger partial charge in [-0.2, -0.15) is 4.98 Å². The van der Waals surface area contributed by atoms with Gasteiger partial charge < -0.3 is 9.42 Å². The summed E-state index contributed by atoms with van der Waals surface area (Å²) in [5.41, 5.74) is 1.64. The van der Waals surface area contributed by atoms with Gasteiger partial charge in [0.1, 0.15) is 12.1 Å². The van der Waals surface area contributed by atoms with Crippen molar-refractivity contribution in [2.75, 3.05) is 6.54 Å². The van der Waals surface area contributed by atoms with Crippen molar-refractivity contribution >= 4 is 16.9 Å². The quantitative estimate of drug-likeness (QED) is 0.724. The first kappa shape index (κ1) is 15.7. The maximum Gasteiger partial charge on any atom is 0.245 e. The molecule has 130 valence electrons. The highest BCUT2D eigenvalue weighted by atomic mass is 16.5. The summed E-state index contributed by atoms with van der Waals surface area (Å²) in [5.74, 6) is 1.37. The smallest absolute Gasteiger partial charge is 0.245 e. The number of aromatic nitrogens is 5. The monoisotopic (exact) mass is 340 g/mol. The van der Waals surface area contributed by atoms with Crippen LogP contribution in [0.15, 0.2) is 28.8 Å². The molecular weight excluding hydrogens is 320 g/mol. The SMILES string of the molecule is CC(C)c1nc([C@@H]2CCCN2C(=O)Cn2nnc3ccccc32)no1. The second-order valence-corrected chi connectivity index (χ2v) is 6.63. The van der Waals surface area contributed by atoms with Gasteiger partial charge in [-0.05, 0) is 25.0 Å². The van der Waals surface area contributed by atoms with Crippen LogP contribution in [0.3, 0.4) is 0 Å². The zero-order valence-corrected chi connectivity index (χ0v) is 14.3. The Balaban J connectivity index is 1.54. The number of para-hydroxylation sites is 1. The van der Waals surface area contributed by atoms with E-state index in [-0.39, 0.29) is 24.4 Å². The molecular formula is C17H20N6O2. The molecule has 0 bridgehead atoms. The minimum absolute atomic E-state index is 0.00551. The van der Waals surface area contributed by atoms with Crippen molar-refractivity contribution in [3.63, 3.8) is 0 Å². The van der Waals surface area contributed by atoms with Crippen molar-refractivity contribution in [2.45, 2.75) is 45.2 Å². The fraction of sp³-hybridized carbons (Fsp3) is 0.471. The van der Waals surface area contributed by atoms with E-state index in [1.54, 1.807) is 4.68 Å². The van der Waals surface area contributed by atoms with E-state index >= 15 is 0 Å². The molecule has 1 saturated heterocycles. The van der Waals surface area contributed by atoms with Crippen molar-refractivity contribution < 1.29 is 9.32 Å². The molecule has 2 aromatic heterocycles. The minimum atomic E-state index is -0.126. The molecule has 1 aliphatic rings. The summed E-state index contributed by atoms with van der Waals surface area (Å²) in [4.78, 5) is 19.1. The summed E-state index contributed by atoms with van der Waals surface area (Å²) in [5, 5.41) is 12.3. The van der Waals surface area contributed by atoms with Gasteiger partial charge in [-0.3, -0.25) is 4.79 Å². The summed E-state index contributed by atoms with van der Waals surface area (Å²) < 4.78 is 6.95. The Hall–Kier alpha value is -2.77. The first-order chi connectivity index (χ1) is 12.1. The van der Waals surface area contributed by atoms with E-state index < -0.39 is 0 Å². The van der Waals surface area contributed by atoms with Gasteiger partial charge in [0.15, 0.2) is 5.82 Å². The molecule has 8 nitrogen and oxygen atoms in total. The average molecular weight is 340 g/mol. The van der Waals surface area contributed by atoms with E-state index in [0.717, 1.165) is 23.9 Å². The predicted molar refractivity (Wildman–Crippen MR) is 89.6 cm³/mol. The second kappa shape index (κ2) is 6.27. The van der Waals surface area contributed by atoms with E-state index in [1.165, 1.54) is 0 Å². The zero-order valence-electron chi connectivity index (χ0n) is 14.3. The van der Waals surface area contributed by atoms with E-state index in [2.05, 4.69) is 20.5 Å². The molecule has 1 aliphatic heterocycles. The van der Waals surface area contributed by atoms with E-state index in [0.29, 0.717) is 18.3 Å². The highest BCUT2D eigenvalue weighted by Crippen LogP contribution is 2.31. The van der Waals surface area contributed by atoms with Crippen LogP contribution >= 0.6 is 0 Å². The number of fused-ring (bicyclic) bond motifs is 1. The van der Waals surface area contributed by atoms with Crippen molar-refractivity contribution in [1.82, 2.24) is 30.0 Å². The molecule has 3 heterocycles. The largest absolute Gasteiger partial charge is 0.339 e. The first-order valence-corrected chi connectivity index (χ1v) is 8.54. The molecule has 1 fully saturated rings. The Morgan fingerprint density at radius 2 is 2.20 bits per heavy atom. The van der Waals surface area contributed by atoms with Crippen LogP contribution in [-0.2, 0) is 11.3 Å². The molecule has 4 rings (SSSR count). The predicted octanol–water partition coefficient (Wildman–Crippen LogP) is 2.30. The van der Waals surface area contributed by atoms with E-state index in [4.69, 9.17) is 4.52 Å². The van der Waals surface area contributed by atoms with E-state index in [1.807, 2.05) is 43.0 Å². The Labute approximate surface area is 144 Å². The number of carbonyl (C=O) groups excluding carboxylic acids is 1. The van der Waals surface area contributed by atoms with Crippen LogP contribution in [0.2, 0.25) is 0 Å². The maximum absolute atomic E-state index is 12.8. The van der Waals surface area contributed by atoms with Gasteiger partial charge in [-0.1, -0.05) is 36.4 Å². The van der Waals surface area contributed by atoms with Gasteiger partial charge in [0.25, 0.3) is 0 Å². The van der Waals surface area contributed by atoms with Gasteiger partial charge in [0.2, 0.25) is 11.8 Å². The lowest BCUT2D eigenvalue weighted by Gasteiger charge is -2.22. The molecule has 25 heavy (non-hydrogen) atoms. The number of rotatable bonds is 4. The van der Waals surface area contributed by atoms with Gasteiger partial charge in [-0.15, -0.1) is 5.10 Å². The van der Waals surface area contributed by atoms with Gasteiger partial charge in [0.05, 0.1) is 11.6 Å². The van der Waals surface area contributed by atoms with Gasteiger partial charge >= 0.3 is 0 Å². The molecule has 0 spiro atoms. The third kappa shape index (κ3) is 2.88. The molecule has 0 N–H and O–H groups in total. The molecule has 0 radical (unpaired) electrons. The summed E-state index contributed by atoms with van der Waals surface area (Å²) in [6, 6.07) is 7.49. The highest BCUT2D eigenvalue weighted by molar-refractivity contribution is 5.80. The number of likely N-dealkylation sites (tertiary alicyclic amines) is 1. The molecule has 1 amide bonds. The molecule has 1 atom stereocenters. The summed E-state index contributed by atoms with van der Waals surface area (Å²) >= 11 is 0. The van der Waals surface area contributed by atoms with Crippen LogP contribution in [-0.4, -0.2) is 42.5 Å². The Kier molecular flexibility index (Phi) is 3.95. The molecule has 1 aromatic carbocycles. The first-order valence-electron chi connectivity index (χ1n) is 8.54. The number of hydrogen-bond donors (Lipinski definition) is 0. The molecule has 8 heteroatoms. The van der Waals surface area contributed by atoms with Crippen LogP contribution in [0.1, 0.15) is 50.4 Å². The third-order valence-electron chi connectivity index (χ3n) is 4.53. The van der Waals surface area contributed by atoms with Crippen LogP contribution in [0, 0.1) is 0 Å². The zero-order chi connectivity index (χ0) is 17.4. The summed E-state index contributed by atoms with van der Waals surface area (Å²) in [6.45, 7) is 4.86. The maximum atomic E-state index is 12.8. The standard InChI is InChI=1S/C17H20N6O2/c1-11(2)17-18-16(20-25-17)14-8-5-9-22(14)15(24)10-23-13-7-4-3-6-12(13)19-21-23/h3-4,6-7,11,14H,5,8-10H2,1-2H3/t14-/m0/s1. The van der Waals surface area contributed by atoms with Crippen LogP contribution in [0.25, 0.3) is 11.0 Å². The highest BCUT2D eigenvalue weighted by Gasteiger charge is 2.33. The number of hydrogen-bond acceptors (Lipinski definition) is 6. The van der Waals surface area contributed by atoms with Crippen LogP contribution in [0.4, 0.5) is 0 Å². The Morgan fingerprint density at radius 1 is 1.36 bits per heavy atom. The van der Waals surface area contributed by atoms with Crippen LogP contribution in [0.5, 0.6) is 0 Å². The van der Waals surface area contributed by atoms with Gasteiger partial charge in [-0.25, -0.2) is 4.68 Å². The Morgan fingerprint density at radius 3 is 3.00 bits per heavy atom. The topological polar surface area (TPSA) is 89.9 Å². The molecule has 0 unspecified atom stereocenters. The van der Waals surface area contributed by atoms with Crippen molar-refractivity contribution in [3.8, 4) is 0 Å². The van der Waals surface area contributed by atoms with Crippen molar-refractivity contribution in [3.05, 3.63) is 36.0 Å². The molecule has 0 aliphatic carbocycles. The molecule has 3 aromatic rings. The molecule has 0 saturated carbocycles. The fourth-order valence-electron chi connectivity index (χ4n) is 3.20. The number of benzene rings is 1. The lowest BCUT2D eigenvalue weighted by Crippen LogP contribution is -2.34. The summed E-state index contributed by atoms with van der Waals surface area (Å²) in [6.07, 6.45) is 1.78. The minimum Gasteiger partial charge on any atom is -0.339 e. The third-order valence-corrected chi connectivity index (χ3v) is 4.53. The lowest BCUT2D eigenvalue weighted by atomic mass is 10.2. The lowest BCUT2D eigenvalue weighted by molar-refractivity contribution is -0.133. The fourth-order valence-corrected chi connectivity index (χ4v) is 3.20. The second-order valence-electron chi connectivity index (χ2n) is 6.63. The Bertz CT molecular complexity index is 899.